The number of nitrogen functional groups attached to an aromatic ring is 1. The second-order valence-corrected chi connectivity index (χ2v) is 7.13. The zero-order valence-corrected chi connectivity index (χ0v) is 14.5. The lowest BCUT2D eigenvalue weighted by Crippen LogP contribution is -2.16. The molecule has 0 spiro atoms. The summed E-state index contributed by atoms with van der Waals surface area (Å²) in [5.41, 5.74) is 9.97. The third-order valence-corrected chi connectivity index (χ3v) is 5.31. The first-order valence-electron chi connectivity index (χ1n) is 8.89. The fraction of sp³-hybridized carbons (Fsp3) is 0.273. The first-order chi connectivity index (χ1) is 12.1. The number of nitrogens with zero attached hydrogens (tertiary/aromatic N) is 1. The van der Waals surface area contributed by atoms with Gasteiger partial charge in [0.25, 0.3) is 0 Å². The van der Waals surface area contributed by atoms with Crippen molar-refractivity contribution in [2.75, 3.05) is 5.73 Å². The van der Waals surface area contributed by atoms with Crippen molar-refractivity contribution < 1.29 is 4.79 Å². The molecule has 0 bridgehead atoms. The van der Waals surface area contributed by atoms with Gasteiger partial charge in [0.05, 0.1) is 0 Å². The molecule has 1 heterocycles. The van der Waals surface area contributed by atoms with E-state index in [4.69, 9.17) is 5.73 Å². The normalized spacial score (nSPS) is 14.4. The van der Waals surface area contributed by atoms with Crippen molar-refractivity contribution in [1.82, 2.24) is 4.98 Å². The van der Waals surface area contributed by atoms with Crippen LogP contribution in [0.4, 0.5) is 5.82 Å². The quantitative estimate of drug-likeness (QED) is 0.672. The molecule has 0 saturated heterocycles. The number of pyridine rings is 1. The van der Waals surface area contributed by atoms with Gasteiger partial charge >= 0.3 is 0 Å². The number of hydrogen-bond acceptors (Lipinski definition) is 3. The lowest BCUT2D eigenvalue weighted by molar-refractivity contribution is 0.0936. The fourth-order valence-electron chi connectivity index (χ4n) is 3.51. The Morgan fingerprint density at radius 2 is 1.96 bits per heavy atom. The Morgan fingerprint density at radius 1 is 1.12 bits per heavy atom. The Labute approximate surface area is 147 Å². The number of rotatable bonds is 4. The number of hydrogen-bond donors (Lipinski definition) is 1. The van der Waals surface area contributed by atoms with E-state index < -0.39 is 0 Å². The van der Waals surface area contributed by atoms with Crippen molar-refractivity contribution in [2.45, 2.75) is 32.6 Å². The Balaban J connectivity index is 1.70. The molecule has 2 aromatic carbocycles. The van der Waals surface area contributed by atoms with Crippen LogP contribution in [0.15, 0.2) is 48.7 Å². The van der Waals surface area contributed by atoms with Crippen LogP contribution in [0.2, 0.25) is 0 Å². The van der Waals surface area contributed by atoms with E-state index in [1.165, 1.54) is 24.8 Å². The molecule has 0 unspecified atom stereocenters. The van der Waals surface area contributed by atoms with Gasteiger partial charge in [-0.15, -0.1) is 0 Å². The van der Waals surface area contributed by atoms with Crippen molar-refractivity contribution >= 4 is 22.4 Å². The summed E-state index contributed by atoms with van der Waals surface area (Å²) >= 11 is 0. The molecule has 2 N–H and O–H groups in total. The molecule has 3 nitrogen and oxygen atoms in total. The Morgan fingerprint density at radius 3 is 2.72 bits per heavy atom. The van der Waals surface area contributed by atoms with Crippen molar-refractivity contribution in [3.05, 3.63) is 59.8 Å². The summed E-state index contributed by atoms with van der Waals surface area (Å²) in [6.07, 6.45) is 6.15. The molecular weight excluding hydrogens is 308 g/mol. The zero-order chi connectivity index (χ0) is 17.4. The maximum atomic E-state index is 12.6. The van der Waals surface area contributed by atoms with E-state index in [9.17, 15) is 4.79 Å². The summed E-state index contributed by atoms with van der Waals surface area (Å²) in [5, 5.41) is 2.13. The highest BCUT2D eigenvalue weighted by Gasteiger charge is 2.21. The van der Waals surface area contributed by atoms with Crippen molar-refractivity contribution in [3.63, 3.8) is 0 Å². The Hall–Kier alpha value is -2.68. The second kappa shape index (κ2) is 6.32. The highest BCUT2D eigenvalue weighted by atomic mass is 16.1. The minimum atomic E-state index is 0.265. The van der Waals surface area contributed by atoms with E-state index in [0.717, 1.165) is 27.5 Å². The number of carbonyl (C=O) groups is 1. The lowest BCUT2D eigenvalue weighted by atomic mass is 9.80. The highest BCUT2D eigenvalue weighted by molar-refractivity contribution is 5.98. The Kier molecular flexibility index (Phi) is 4.00. The predicted octanol–water partition coefficient (Wildman–Crippen LogP) is 5.17. The number of anilines is 1. The number of Topliss-reactive ketones (excluding diaryl/α,β-unsaturated/α-hetero) is 1. The van der Waals surface area contributed by atoms with Crippen LogP contribution in [0.1, 0.15) is 41.6 Å². The molecule has 1 aromatic heterocycles. The highest BCUT2D eigenvalue weighted by Crippen LogP contribution is 2.32. The van der Waals surface area contributed by atoms with Gasteiger partial charge in [0.15, 0.2) is 5.78 Å². The van der Waals surface area contributed by atoms with E-state index in [0.29, 0.717) is 18.2 Å². The van der Waals surface area contributed by atoms with E-state index in [1.54, 1.807) is 6.20 Å². The van der Waals surface area contributed by atoms with Crippen LogP contribution < -0.4 is 5.73 Å². The molecule has 0 atom stereocenters. The van der Waals surface area contributed by atoms with Crippen LogP contribution in [-0.4, -0.2) is 10.8 Å². The molecule has 1 aliphatic carbocycles. The third kappa shape index (κ3) is 3.14. The molecule has 1 saturated carbocycles. The molecule has 1 fully saturated rings. The molecule has 4 rings (SSSR count). The van der Waals surface area contributed by atoms with Crippen LogP contribution in [0.25, 0.3) is 21.9 Å². The van der Waals surface area contributed by atoms with Crippen LogP contribution in [0.5, 0.6) is 0 Å². The number of aryl methyl sites for hydroxylation is 1. The molecule has 1 aliphatic rings. The van der Waals surface area contributed by atoms with Crippen LogP contribution in [0, 0.1) is 12.8 Å². The smallest absolute Gasteiger partial charge is 0.163 e. The van der Waals surface area contributed by atoms with Gasteiger partial charge in [-0.25, -0.2) is 4.98 Å². The van der Waals surface area contributed by atoms with Gasteiger partial charge in [0.1, 0.15) is 5.82 Å². The third-order valence-electron chi connectivity index (χ3n) is 5.31. The summed E-state index contributed by atoms with van der Waals surface area (Å²) in [4.78, 5) is 16.8. The fourth-order valence-corrected chi connectivity index (χ4v) is 3.51. The van der Waals surface area contributed by atoms with Crippen LogP contribution in [-0.2, 0) is 0 Å². The first-order valence-corrected chi connectivity index (χ1v) is 8.89. The van der Waals surface area contributed by atoms with E-state index in [-0.39, 0.29) is 5.78 Å². The lowest BCUT2D eigenvalue weighted by Gasteiger charge is -2.24. The number of fused-ring (bicyclic) bond motifs is 1. The summed E-state index contributed by atoms with van der Waals surface area (Å²) < 4.78 is 0. The van der Waals surface area contributed by atoms with Gasteiger partial charge in [-0.05, 0) is 53.1 Å². The molecule has 0 radical (unpaired) electrons. The van der Waals surface area contributed by atoms with Gasteiger partial charge in [-0.2, -0.15) is 0 Å². The Bertz CT molecular complexity index is 957. The average molecular weight is 330 g/mol. The maximum Gasteiger partial charge on any atom is 0.163 e. The molecule has 25 heavy (non-hydrogen) atoms. The van der Waals surface area contributed by atoms with Gasteiger partial charge in [0, 0.05) is 23.6 Å². The minimum absolute atomic E-state index is 0.265. The molecular formula is C22H22N2O. The van der Waals surface area contributed by atoms with Gasteiger partial charge < -0.3 is 5.73 Å². The second-order valence-electron chi connectivity index (χ2n) is 7.13. The topological polar surface area (TPSA) is 56.0 Å². The van der Waals surface area contributed by atoms with E-state index in [1.807, 2.05) is 18.2 Å². The summed E-state index contributed by atoms with van der Waals surface area (Å²) in [5.74, 6) is 1.38. The summed E-state index contributed by atoms with van der Waals surface area (Å²) in [6, 6.07) is 14.2. The van der Waals surface area contributed by atoms with Crippen molar-refractivity contribution in [1.29, 1.82) is 0 Å². The molecule has 0 amide bonds. The van der Waals surface area contributed by atoms with E-state index in [2.05, 4.69) is 36.2 Å². The monoisotopic (exact) mass is 330 g/mol. The van der Waals surface area contributed by atoms with Crippen molar-refractivity contribution in [2.24, 2.45) is 5.92 Å². The minimum Gasteiger partial charge on any atom is -0.384 e. The maximum absolute atomic E-state index is 12.6. The molecule has 3 heteroatoms. The van der Waals surface area contributed by atoms with Gasteiger partial charge in [-0.1, -0.05) is 43.5 Å². The average Bonchev–Trinajstić information content (AvgIpc) is 2.58. The van der Waals surface area contributed by atoms with Crippen LogP contribution >= 0.6 is 0 Å². The predicted molar refractivity (Wildman–Crippen MR) is 103 cm³/mol. The number of nitrogens with two attached hydrogens (primary N) is 1. The summed E-state index contributed by atoms with van der Waals surface area (Å²) in [7, 11) is 0. The largest absolute Gasteiger partial charge is 0.384 e. The van der Waals surface area contributed by atoms with Crippen LogP contribution in [0.3, 0.4) is 0 Å². The number of aromatic nitrogens is 1. The number of benzene rings is 2. The SMILES string of the molecule is Cc1ccc(C(=O)CC2CCC2)cc1-c1ccc2cc(N)ncc2c1. The number of ketones is 1. The first kappa shape index (κ1) is 15.8. The van der Waals surface area contributed by atoms with Gasteiger partial charge in [0.2, 0.25) is 0 Å². The molecule has 126 valence electrons. The molecule has 0 aliphatic heterocycles. The zero-order valence-electron chi connectivity index (χ0n) is 14.5. The van der Waals surface area contributed by atoms with E-state index >= 15 is 0 Å². The number of carbonyl (C=O) groups excluding carboxylic acids is 1. The van der Waals surface area contributed by atoms with Gasteiger partial charge in [-0.3, -0.25) is 4.79 Å². The van der Waals surface area contributed by atoms with Crippen molar-refractivity contribution in [3.8, 4) is 11.1 Å². The summed E-state index contributed by atoms with van der Waals surface area (Å²) in [6.45, 7) is 2.08. The molecule has 3 aromatic rings. The standard InChI is InChI=1S/C22H22N2O/c1-14-5-6-18(21(25)9-15-3-2-4-15)11-20(14)17-8-7-16-12-22(23)24-13-19(16)10-17/h5-8,10-13,15H,2-4,9H2,1H3,(H2,23,24).